The van der Waals surface area contributed by atoms with Crippen molar-refractivity contribution in [2.75, 3.05) is 32.8 Å². The van der Waals surface area contributed by atoms with Crippen molar-refractivity contribution in [1.82, 2.24) is 10.2 Å². The first-order valence-corrected chi connectivity index (χ1v) is 16.6. The maximum Gasteiger partial charge on any atom is 0.387 e. The fourth-order valence-corrected chi connectivity index (χ4v) is 7.07. The number of para-hydroxylation sites is 1. The van der Waals surface area contributed by atoms with Gasteiger partial charge in [-0.25, -0.2) is 9.59 Å². The van der Waals surface area contributed by atoms with Crippen LogP contribution < -0.4 is 10.1 Å². The minimum absolute atomic E-state index is 0.0150. The second-order valence-electron chi connectivity index (χ2n) is 12.3. The molecule has 254 valence electrons. The van der Waals surface area contributed by atoms with Crippen LogP contribution in [0.15, 0.2) is 107 Å². The van der Waals surface area contributed by atoms with Gasteiger partial charge in [-0.3, -0.25) is 0 Å². The Balaban J connectivity index is 1.22. The molecule has 9 heteroatoms. The summed E-state index contributed by atoms with van der Waals surface area (Å²) >= 11 is 0. The van der Waals surface area contributed by atoms with Crippen molar-refractivity contribution in [3.63, 3.8) is 0 Å². The van der Waals surface area contributed by atoms with Gasteiger partial charge in [0, 0.05) is 22.4 Å². The second kappa shape index (κ2) is 16.1. The number of benzene rings is 3. The molecular formula is C39H44F2N2O5. The zero-order valence-electron chi connectivity index (χ0n) is 27.8. The number of allylic oxidation sites excluding steroid dienone is 2. The zero-order chi connectivity index (χ0) is 34.1. The third-order valence-corrected chi connectivity index (χ3v) is 9.39. The van der Waals surface area contributed by atoms with E-state index in [0.717, 1.165) is 38.9 Å². The number of ether oxygens (including phenoxy) is 3. The van der Waals surface area contributed by atoms with Gasteiger partial charge in [-0.1, -0.05) is 78.9 Å². The lowest BCUT2D eigenvalue weighted by Gasteiger charge is -2.43. The number of esters is 2. The Kier molecular flexibility index (Phi) is 11.7. The Bertz CT molecular complexity index is 1570. The van der Waals surface area contributed by atoms with Crippen LogP contribution in [0.4, 0.5) is 8.78 Å². The third-order valence-electron chi connectivity index (χ3n) is 9.39. The van der Waals surface area contributed by atoms with Crippen molar-refractivity contribution in [3.05, 3.63) is 124 Å². The summed E-state index contributed by atoms with van der Waals surface area (Å²) in [6, 6.07) is 27.7. The number of halogens is 2. The van der Waals surface area contributed by atoms with E-state index >= 15 is 0 Å². The lowest BCUT2D eigenvalue weighted by Crippen LogP contribution is -2.43. The summed E-state index contributed by atoms with van der Waals surface area (Å²) in [7, 11) is 0. The number of rotatable bonds is 13. The van der Waals surface area contributed by atoms with E-state index in [4.69, 9.17) is 14.2 Å². The largest absolute Gasteiger partial charge is 0.463 e. The molecule has 3 aromatic carbocycles. The van der Waals surface area contributed by atoms with Gasteiger partial charge < -0.3 is 24.4 Å². The number of nitrogens with zero attached hydrogens (tertiary/aromatic N) is 1. The molecule has 0 saturated carbocycles. The molecule has 48 heavy (non-hydrogen) atoms. The summed E-state index contributed by atoms with van der Waals surface area (Å²) in [6.07, 6.45) is 3.53. The van der Waals surface area contributed by atoms with Crippen LogP contribution in [0.1, 0.15) is 69.1 Å². The smallest absolute Gasteiger partial charge is 0.387 e. The van der Waals surface area contributed by atoms with Crippen LogP contribution >= 0.6 is 0 Å². The van der Waals surface area contributed by atoms with Crippen molar-refractivity contribution in [3.8, 4) is 5.75 Å². The molecule has 0 spiro atoms. The molecule has 0 aliphatic carbocycles. The monoisotopic (exact) mass is 658 g/mol. The van der Waals surface area contributed by atoms with E-state index in [1.165, 1.54) is 17.2 Å². The highest BCUT2D eigenvalue weighted by Crippen LogP contribution is 2.44. The summed E-state index contributed by atoms with van der Waals surface area (Å²) in [5.74, 6) is -2.42. The van der Waals surface area contributed by atoms with E-state index in [9.17, 15) is 18.4 Å². The van der Waals surface area contributed by atoms with Crippen LogP contribution in [0.2, 0.25) is 0 Å². The van der Waals surface area contributed by atoms with Crippen LogP contribution in [0.5, 0.6) is 5.75 Å². The minimum atomic E-state index is -3.09. The Morgan fingerprint density at radius 1 is 0.812 bits per heavy atom. The molecule has 2 aliphatic heterocycles. The molecule has 2 heterocycles. The number of unbranched alkanes of at least 4 members (excludes halogenated alkanes) is 1. The molecule has 2 aliphatic rings. The van der Waals surface area contributed by atoms with E-state index in [1.54, 1.807) is 39.0 Å². The Morgan fingerprint density at radius 3 is 1.92 bits per heavy atom. The molecule has 1 unspecified atom stereocenters. The summed E-state index contributed by atoms with van der Waals surface area (Å²) in [5, 5.41) is 3.10. The van der Waals surface area contributed by atoms with Crippen molar-refractivity contribution in [1.29, 1.82) is 0 Å². The lowest BCUT2D eigenvalue weighted by atomic mass is 9.68. The first-order valence-electron chi connectivity index (χ1n) is 16.6. The van der Waals surface area contributed by atoms with Gasteiger partial charge in [-0.05, 0) is 83.3 Å². The van der Waals surface area contributed by atoms with Crippen LogP contribution in [-0.4, -0.2) is 56.3 Å². The predicted molar refractivity (Wildman–Crippen MR) is 181 cm³/mol. The topological polar surface area (TPSA) is 77.1 Å². The van der Waals surface area contributed by atoms with Gasteiger partial charge in [0.25, 0.3) is 0 Å². The van der Waals surface area contributed by atoms with Crippen LogP contribution in [0.25, 0.3) is 0 Å². The van der Waals surface area contributed by atoms with Crippen molar-refractivity contribution < 1.29 is 32.6 Å². The highest BCUT2D eigenvalue weighted by molar-refractivity contribution is 6.00. The molecule has 1 saturated heterocycles. The number of hydrogen-bond acceptors (Lipinski definition) is 7. The minimum Gasteiger partial charge on any atom is -0.463 e. The van der Waals surface area contributed by atoms with Crippen LogP contribution in [0.3, 0.4) is 0 Å². The fraction of sp³-hybridized carbons (Fsp3) is 0.385. The molecule has 0 amide bonds. The number of likely N-dealkylation sites (tertiary alicyclic amines) is 1. The summed E-state index contributed by atoms with van der Waals surface area (Å²) < 4.78 is 42.6. The molecular weight excluding hydrogens is 614 g/mol. The van der Waals surface area contributed by atoms with Gasteiger partial charge in [0.2, 0.25) is 0 Å². The molecule has 0 aromatic heterocycles. The SMILES string of the molecule is CCOC(=O)C1=C(C)NC(C)=C(C(=O)OCCCCN2CCC(c3ccccc3)(c3ccccc3)CC2)C1c1ccccc1OC(F)F. The first kappa shape index (κ1) is 34.8. The lowest BCUT2D eigenvalue weighted by molar-refractivity contribution is -0.140. The van der Waals surface area contributed by atoms with Gasteiger partial charge >= 0.3 is 18.6 Å². The van der Waals surface area contributed by atoms with Crippen LogP contribution in [0, 0.1) is 0 Å². The molecule has 7 nitrogen and oxygen atoms in total. The summed E-state index contributed by atoms with van der Waals surface area (Å²) in [4.78, 5) is 29.3. The number of alkyl halides is 2. The molecule has 0 bridgehead atoms. The number of carbonyl (C=O) groups is 2. The molecule has 1 atom stereocenters. The Morgan fingerprint density at radius 2 is 1.35 bits per heavy atom. The van der Waals surface area contributed by atoms with Crippen molar-refractivity contribution in [2.24, 2.45) is 0 Å². The fourth-order valence-electron chi connectivity index (χ4n) is 7.07. The number of carbonyl (C=O) groups excluding carboxylic acids is 2. The van der Waals surface area contributed by atoms with Gasteiger partial charge in [0.05, 0.1) is 30.3 Å². The highest BCUT2D eigenvalue weighted by Gasteiger charge is 2.40. The highest BCUT2D eigenvalue weighted by atomic mass is 19.3. The Hall–Kier alpha value is -4.50. The number of nitrogens with one attached hydrogen (secondary N) is 1. The quantitative estimate of drug-likeness (QED) is 0.151. The number of piperidine rings is 1. The second-order valence-corrected chi connectivity index (χ2v) is 12.3. The van der Waals surface area contributed by atoms with Crippen molar-refractivity contribution in [2.45, 2.75) is 64.4 Å². The van der Waals surface area contributed by atoms with E-state index in [-0.39, 0.29) is 41.1 Å². The average Bonchev–Trinajstić information content (AvgIpc) is 3.09. The normalized spacial score (nSPS) is 18.0. The number of hydrogen-bond donors (Lipinski definition) is 1. The standard InChI is InChI=1S/C39H44F2N2O5/c1-4-46-36(44)33-27(2)42-28(3)34(35(33)31-19-11-12-20-32(31)48-38(40)41)37(45)47-26-14-13-23-43-24-21-39(22-25-43,29-15-7-5-8-16-29)30-17-9-6-10-18-30/h5-12,15-20,35,38,42H,4,13-14,21-26H2,1-3H3. The van der Waals surface area contributed by atoms with Gasteiger partial charge in [0.1, 0.15) is 5.75 Å². The maximum absolute atomic E-state index is 13.7. The summed E-state index contributed by atoms with van der Waals surface area (Å²) in [6.45, 7) is 5.08. The maximum atomic E-state index is 13.7. The van der Waals surface area contributed by atoms with Crippen molar-refractivity contribution >= 4 is 11.9 Å². The Labute approximate surface area is 281 Å². The first-order chi connectivity index (χ1) is 23.2. The van der Waals surface area contributed by atoms with Gasteiger partial charge in [-0.2, -0.15) is 8.78 Å². The van der Waals surface area contributed by atoms with Gasteiger partial charge in [0.15, 0.2) is 0 Å². The van der Waals surface area contributed by atoms with E-state index in [2.05, 4.69) is 70.9 Å². The molecule has 3 aromatic rings. The van der Waals surface area contributed by atoms with E-state index in [1.807, 2.05) is 0 Å². The molecule has 0 radical (unpaired) electrons. The van der Waals surface area contributed by atoms with Gasteiger partial charge in [-0.15, -0.1) is 0 Å². The van der Waals surface area contributed by atoms with Crippen LogP contribution in [-0.2, 0) is 24.5 Å². The third kappa shape index (κ3) is 7.79. The van der Waals surface area contributed by atoms with E-state index < -0.39 is 24.5 Å². The molecule has 5 rings (SSSR count). The summed E-state index contributed by atoms with van der Waals surface area (Å²) in [5.41, 5.74) is 4.17. The van der Waals surface area contributed by atoms with E-state index in [0.29, 0.717) is 17.8 Å². The number of dihydropyridines is 1. The average molecular weight is 659 g/mol. The zero-order valence-corrected chi connectivity index (χ0v) is 27.8. The molecule has 1 fully saturated rings. The predicted octanol–water partition coefficient (Wildman–Crippen LogP) is 7.49. The molecule has 1 N–H and O–H groups in total.